The summed E-state index contributed by atoms with van der Waals surface area (Å²) in [6, 6.07) is 6.31. The minimum atomic E-state index is 0. The van der Waals surface area contributed by atoms with E-state index >= 15 is 0 Å². The van der Waals surface area contributed by atoms with Gasteiger partial charge in [-0.25, -0.2) is 0 Å². The number of carbonyl (C=O) groups is 1. The van der Waals surface area contributed by atoms with Crippen LogP contribution in [0.3, 0.4) is 0 Å². The first-order chi connectivity index (χ1) is 10.3. The van der Waals surface area contributed by atoms with Crippen molar-refractivity contribution >= 4 is 29.7 Å². The zero-order valence-corrected chi connectivity index (χ0v) is 13.5. The van der Waals surface area contributed by atoms with E-state index in [0.29, 0.717) is 5.92 Å². The molecule has 22 heavy (non-hydrogen) atoms. The monoisotopic (exact) mass is 318 g/mol. The van der Waals surface area contributed by atoms with Gasteiger partial charge in [-0.2, -0.15) is 0 Å². The molecule has 3 saturated carbocycles. The summed E-state index contributed by atoms with van der Waals surface area (Å²) in [6.07, 6.45) is 6.45. The summed E-state index contributed by atoms with van der Waals surface area (Å²) in [6.45, 7) is 1.06. The third-order valence-corrected chi connectivity index (χ3v) is 6.35. The van der Waals surface area contributed by atoms with E-state index in [9.17, 15) is 4.79 Å². The number of hydrogen-bond donors (Lipinski definition) is 2. The molecule has 0 spiro atoms. The number of fused-ring (bicyclic) bond motifs is 6. The SMILES string of the molecule is Cl.O=C(Nc1ccc2c(c1)CCCN2)C1C2C3CCC(C3)C12. The van der Waals surface area contributed by atoms with Crippen LogP contribution in [0.2, 0.25) is 0 Å². The van der Waals surface area contributed by atoms with E-state index in [1.807, 2.05) is 6.07 Å². The van der Waals surface area contributed by atoms with Crippen LogP contribution in [-0.4, -0.2) is 12.5 Å². The lowest BCUT2D eigenvalue weighted by molar-refractivity contribution is -0.118. The normalized spacial score (nSPS) is 36.6. The first kappa shape index (κ1) is 14.4. The van der Waals surface area contributed by atoms with Crippen molar-refractivity contribution in [2.75, 3.05) is 17.2 Å². The van der Waals surface area contributed by atoms with E-state index in [4.69, 9.17) is 0 Å². The van der Waals surface area contributed by atoms with E-state index in [1.165, 1.54) is 36.9 Å². The van der Waals surface area contributed by atoms with Crippen molar-refractivity contribution in [1.82, 2.24) is 0 Å². The Morgan fingerprint density at radius 2 is 1.95 bits per heavy atom. The largest absolute Gasteiger partial charge is 0.385 e. The number of benzene rings is 1. The van der Waals surface area contributed by atoms with Crippen LogP contribution >= 0.6 is 12.4 Å². The second kappa shape index (κ2) is 5.16. The molecule has 3 nitrogen and oxygen atoms in total. The Balaban J connectivity index is 0.00000125. The molecule has 118 valence electrons. The highest BCUT2D eigenvalue weighted by molar-refractivity contribution is 5.95. The molecule has 4 atom stereocenters. The second-order valence-corrected chi connectivity index (χ2v) is 7.41. The summed E-state index contributed by atoms with van der Waals surface area (Å²) in [4.78, 5) is 12.5. The summed E-state index contributed by atoms with van der Waals surface area (Å²) in [7, 11) is 0. The maximum atomic E-state index is 12.5. The van der Waals surface area contributed by atoms with E-state index < -0.39 is 0 Å². The average Bonchev–Trinajstić information content (AvgIpc) is 2.96. The third-order valence-electron chi connectivity index (χ3n) is 6.35. The van der Waals surface area contributed by atoms with E-state index in [2.05, 4.69) is 22.8 Å². The molecule has 5 rings (SSSR count). The Kier molecular flexibility index (Phi) is 3.37. The fraction of sp³-hybridized carbons (Fsp3) is 0.611. The number of hydrogen-bond acceptors (Lipinski definition) is 2. The van der Waals surface area contributed by atoms with Crippen LogP contribution < -0.4 is 10.6 Å². The summed E-state index contributed by atoms with van der Waals surface area (Å²) >= 11 is 0. The first-order valence-electron chi connectivity index (χ1n) is 8.49. The average molecular weight is 319 g/mol. The standard InChI is InChI=1S/C18H22N2O.ClH/c21-18(17-15-11-3-4-12(8-11)16(15)17)20-13-5-6-14-10(9-13)2-1-7-19-14;/h5-6,9,11-12,15-17,19H,1-4,7-8H2,(H,20,21);1H. The number of amides is 1. The van der Waals surface area contributed by atoms with Gasteiger partial charge in [-0.1, -0.05) is 0 Å². The van der Waals surface area contributed by atoms with Crippen LogP contribution in [0, 0.1) is 29.6 Å². The molecule has 3 fully saturated rings. The van der Waals surface area contributed by atoms with Crippen LogP contribution in [0.1, 0.15) is 31.2 Å². The molecule has 3 aliphatic carbocycles. The lowest BCUT2D eigenvalue weighted by atomic mass is 10.0. The number of rotatable bonds is 2. The lowest BCUT2D eigenvalue weighted by Crippen LogP contribution is -2.19. The minimum absolute atomic E-state index is 0. The van der Waals surface area contributed by atoms with Gasteiger partial charge in [0.05, 0.1) is 0 Å². The molecular formula is C18H23ClN2O. The number of nitrogens with one attached hydrogen (secondary N) is 2. The summed E-state index contributed by atoms with van der Waals surface area (Å²) in [5.74, 6) is 3.79. The van der Waals surface area contributed by atoms with Gasteiger partial charge in [-0.15, -0.1) is 12.4 Å². The Morgan fingerprint density at radius 3 is 2.73 bits per heavy atom. The summed E-state index contributed by atoms with van der Waals surface area (Å²) < 4.78 is 0. The zero-order valence-electron chi connectivity index (χ0n) is 12.7. The summed E-state index contributed by atoms with van der Waals surface area (Å²) in [5, 5.41) is 6.60. The molecule has 1 heterocycles. The highest BCUT2D eigenvalue weighted by Crippen LogP contribution is 2.69. The van der Waals surface area contributed by atoms with Crippen molar-refractivity contribution in [2.45, 2.75) is 32.1 Å². The number of halogens is 1. The van der Waals surface area contributed by atoms with Gasteiger partial charge in [-0.05, 0) is 79.5 Å². The van der Waals surface area contributed by atoms with Crippen molar-refractivity contribution in [3.05, 3.63) is 23.8 Å². The molecule has 2 N–H and O–H groups in total. The third kappa shape index (κ3) is 2.05. The van der Waals surface area contributed by atoms with Crippen molar-refractivity contribution in [2.24, 2.45) is 29.6 Å². The summed E-state index contributed by atoms with van der Waals surface area (Å²) in [5.41, 5.74) is 3.57. The Hall–Kier alpha value is -1.22. The number of anilines is 2. The molecular weight excluding hydrogens is 296 g/mol. The van der Waals surface area contributed by atoms with Crippen LogP contribution in [0.4, 0.5) is 11.4 Å². The highest BCUT2D eigenvalue weighted by atomic mass is 35.5. The molecule has 0 saturated heterocycles. The quantitative estimate of drug-likeness (QED) is 0.873. The van der Waals surface area contributed by atoms with Gasteiger partial charge in [0.25, 0.3) is 0 Å². The maximum absolute atomic E-state index is 12.5. The number of carbonyl (C=O) groups excluding carboxylic acids is 1. The molecule has 1 aliphatic heterocycles. The van der Waals surface area contributed by atoms with Gasteiger partial charge in [0, 0.05) is 23.8 Å². The molecule has 4 heteroatoms. The van der Waals surface area contributed by atoms with Gasteiger partial charge in [0.1, 0.15) is 0 Å². The Bertz CT molecular complexity index is 601. The fourth-order valence-electron chi connectivity index (χ4n) is 5.45. The van der Waals surface area contributed by atoms with Crippen molar-refractivity contribution in [1.29, 1.82) is 0 Å². The van der Waals surface area contributed by atoms with Crippen molar-refractivity contribution in [3.63, 3.8) is 0 Å². The van der Waals surface area contributed by atoms with Gasteiger partial charge < -0.3 is 10.6 Å². The van der Waals surface area contributed by atoms with E-state index in [1.54, 1.807) is 0 Å². The van der Waals surface area contributed by atoms with Gasteiger partial charge in [0.2, 0.25) is 5.91 Å². The molecule has 1 amide bonds. The topological polar surface area (TPSA) is 41.1 Å². The predicted molar refractivity (Wildman–Crippen MR) is 90.4 cm³/mol. The van der Waals surface area contributed by atoms with Crippen LogP contribution in [-0.2, 0) is 11.2 Å². The molecule has 4 unspecified atom stereocenters. The lowest BCUT2D eigenvalue weighted by Gasteiger charge is -2.19. The first-order valence-corrected chi connectivity index (χ1v) is 8.49. The smallest absolute Gasteiger partial charge is 0.228 e. The van der Waals surface area contributed by atoms with Crippen LogP contribution in [0.15, 0.2) is 18.2 Å². The predicted octanol–water partition coefficient (Wildman–Crippen LogP) is 3.70. The maximum Gasteiger partial charge on any atom is 0.228 e. The van der Waals surface area contributed by atoms with Crippen molar-refractivity contribution < 1.29 is 4.79 Å². The fourth-order valence-corrected chi connectivity index (χ4v) is 5.45. The number of aryl methyl sites for hydroxylation is 1. The molecule has 0 aromatic heterocycles. The van der Waals surface area contributed by atoms with Crippen LogP contribution in [0.25, 0.3) is 0 Å². The molecule has 4 aliphatic rings. The molecule has 0 radical (unpaired) electrons. The van der Waals surface area contributed by atoms with Crippen LogP contribution in [0.5, 0.6) is 0 Å². The second-order valence-electron chi connectivity index (χ2n) is 7.41. The van der Waals surface area contributed by atoms with Gasteiger partial charge >= 0.3 is 0 Å². The zero-order chi connectivity index (χ0) is 14.0. The van der Waals surface area contributed by atoms with Crippen molar-refractivity contribution in [3.8, 4) is 0 Å². The van der Waals surface area contributed by atoms with E-state index in [-0.39, 0.29) is 18.3 Å². The Morgan fingerprint density at radius 1 is 1.18 bits per heavy atom. The molecule has 2 bridgehead atoms. The van der Waals surface area contributed by atoms with Gasteiger partial charge in [0.15, 0.2) is 0 Å². The molecule has 1 aromatic rings. The van der Waals surface area contributed by atoms with Gasteiger partial charge in [-0.3, -0.25) is 4.79 Å². The Labute approximate surface area is 137 Å². The minimum Gasteiger partial charge on any atom is -0.385 e. The van der Waals surface area contributed by atoms with E-state index in [0.717, 1.165) is 42.3 Å². The highest BCUT2D eigenvalue weighted by Gasteiger charge is 2.67. The molecule has 1 aromatic carbocycles.